The van der Waals surface area contributed by atoms with Crippen molar-refractivity contribution in [1.29, 1.82) is 0 Å². The van der Waals surface area contributed by atoms with Crippen LogP contribution >= 0.6 is 0 Å². The number of rotatable bonds is 16. The summed E-state index contributed by atoms with van der Waals surface area (Å²) in [6.45, 7) is 3.60. The van der Waals surface area contributed by atoms with E-state index in [9.17, 15) is 10.2 Å². The molecule has 0 saturated carbocycles. The van der Waals surface area contributed by atoms with Crippen molar-refractivity contribution < 1.29 is 41.3 Å². The van der Waals surface area contributed by atoms with Crippen molar-refractivity contribution in [1.82, 2.24) is 0 Å². The minimum Gasteiger partial charge on any atom is -0.388 e. The molecule has 0 spiro atoms. The minimum absolute atomic E-state index is 0.0148. The van der Waals surface area contributed by atoms with Gasteiger partial charge in [0.1, 0.15) is 10.8 Å². The van der Waals surface area contributed by atoms with Crippen LogP contribution in [-0.4, -0.2) is 35.8 Å². The van der Waals surface area contributed by atoms with Crippen LogP contribution in [0.25, 0.3) is 0 Å². The Balaban J connectivity index is 1.52. The van der Waals surface area contributed by atoms with Crippen molar-refractivity contribution in [3.63, 3.8) is 0 Å². The molecule has 0 radical (unpaired) electrons. The molecule has 268 valence electrons. The molecule has 0 amide bonds. The quantitative estimate of drug-likeness (QED) is 0.136. The zero-order chi connectivity index (χ0) is 35.7. The van der Waals surface area contributed by atoms with E-state index in [0.29, 0.717) is 36.8 Å². The molecule has 0 bridgehead atoms. The van der Waals surface area contributed by atoms with E-state index in [1.165, 1.54) is 36.4 Å². The summed E-state index contributed by atoms with van der Waals surface area (Å²) in [5.74, 6) is 0. The standard InChI is InChI=1S/C40H48F6O3/c1-3-5-7-21-35(47)31-17-9-11-19-33(31)37(39(41,42)43)23-13-15-29(25-37)27-49-28-30-16-14-24-38(26-30,40(44,45)46)34-20-12-10-18-32(34)36(48)22-8-6-4-2/h9-20,23-24,35-36,47-48H,3-8,21-22,25-28H2,1-2H3. The first kappa shape index (κ1) is 38.7. The lowest BCUT2D eigenvalue weighted by Gasteiger charge is -2.39. The second-order valence-corrected chi connectivity index (χ2v) is 13.4. The lowest BCUT2D eigenvalue weighted by molar-refractivity contribution is -0.177. The Labute approximate surface area is 286 Å². The molecule has 3 nitrogen and oxygen atoms in total. The minimum atomic E-state index is -4.69. The molecule has 4 atom stereocenters. The van der Waals surface area contributed by atoms with Crippen LogP contribution in [-0.2, 0) is 15.6 Å². The molecule has 2 aromatic carbocycles. The normalized spacial score (nSPS) is 22.5. The number of allylic oxidation sites excluding steroid dienone is 6. The van der Waals surface area contributed by atoms with E-state index in [4.69, 9.17) is 4.74 Å². The fraction of sp³-hybridized carbons (Fsp3) is 0.500. The number of unbranched alkanes of at least 4 members (excludes halogenated alkanes) is 4. The lowest BCUT2D eigenvalue weighted by atomic mass is 9.70. The van der Waals surface area contributed by atoms with Gasteiger partial charge in [-0.05, 0) is 59.1 Å². The topological polar surface area (TPSA) is 49.7 Å². The molecule has 0 fully saturated rings. The van der Waals surface area contributed by atoms with E-state index in [1.807, 2.05) is 13.8 Å². The highest BCUT2D eigenvalue weighted by atomic mass is 19.4. The van der Waals surface area contributed by atoms with Gasteiger partial charge >= 0.3 is 12.4 Å². The van der Waals surface area contributed by atoms with Gasteiger partial charge in [-0.1, -0.05) is 137 Å². The van der Waals surface area contributed by atoms with Gasteiger partial charge in [-0.2, -0.15) is 26.3 Å². The highest BCUT2D eigenvalue weighted by Gasteiger charge is 2.57. The van der Waals surface area contributed by atoms with Crippen molar-refractivity contribution in [2.45, 2.75) is 113 Å². The number of aliphatic hydroxyl groups is 2. The Morgan fingerprint density at radius 1 is 0.633 bits per heavy atom. The number of hydrogen-bond acceptors (Lipinski definition) is 3. The van der Waals surface area contributed by atoms with E-state index in [1.54, 1.807) is 36.4 Å². The molecule has 0 heterocycles. The van der Waals surface area contributed by atoms with Crippen molar-refractivity contribution >= 4 is 0 Å². The molecule has 0 aliphatic heterocycles. The fourth-order valence-corrected chi connectivity index (χ4v) is 7.10. The van der Waals surface area contributed by atoms with Gasteiger partial charge in [-0.3, -0.25) is 0 Å². The van der Waals surface area contributed by atoms with Gasteiger partial charge < -0.3 is 14.9 Å². The number of aliphatic hydroxyl groups excluding tert-OH is 2. The highest BCUT2D eigenvalue weighted by molar-refractivity contribution is 5.47. The molecule has 4 rings (SSSR count). The summed E-state index contributed by atoms with van der Waals surface area (Å²) in [5.41, 5.74) is -3.68. The van der Waals surface area contributed by atoms with Gasteiger partial charge in [-0.25, -0.2) is 0 Å². The maximum atomic E-state index is 15.0. The Kier molecular flexibility index (Phi) is 13.2. The summed E-state index contributed by atoms with van der Waals surface area (Å²) in [6.07, 6.45) is 1.26. The van der Waals surface area contributed by atoms with Crippen LogP contribution in [0.4, 0.5) is 26.3 Å². The van der Waals surface area contributed by atoms with Gasteiger partial charge in [0.15, 0.2) is 0 Å². The third-order valence-electron chi connectivity index (χ3n) is 9.79. The summed E-state index contributed by atoms with van der Waals surface area (Å²) in [7, 11) is 0. The molecule has 0 aromatic heterocycles. The number of hydrogen-bond donors (Lipinski definition) is 2. The van der Waals surface area contributed by atoms with Crippen LogP contribution < -0.4 is 0 Å². The van der Waals surface area contributed by atoms with Gasteiger partial charge in [0.2, 0.25) is 0 Å². The Bertz CT molecular complexity index is 1390. The van der Waals surface area contributed by atoms with Crippen LogP contribution in [0.2, 0.25) is 0 Å². The molecule has 2 N–H and O–H groups in total. The first-order valence-electron chi connectivity index (χ1n) is 17.3. The molecular weight excluding hydrogens is 642 g/mol. The number of benzene rings is 2. The number of alkyl halides is 6. The Morgan fingerprint density at radius 2 is 1.02 bits per heavy atom. The molecular formula is C40H48F6O3. The summed E-state index contributed by atoms with van der Waals surface area (Å²) in [4.78, 5) is 0. The van der Waals surface area contributed by atoms with E-state index < -0.39 is 48.2 Å². The average molecular weight is 691 g/mol. The van der Waals surface area contributed by atoms with E-state index in [2.05, 4.69) is 0 Å². The molecule has 2 aliphatic rings. The third-order valence-corrected chi connectivity index (χ3v) is 9.79. The third kappa shape index (κ3) is 8.78. The van der Waals surface area contributed by atoms with Gasteiger partial charge in [0.25, 0.3) is 0 Å². The van der Waals surface area contributed by atoms with Crippen molar-refractivity contribution in [3.8, 4) is 0 Å². The van der Waals surface area contributed by atoms with Crippen LogP contribution in [0.1, 0.15) is 113 Å². The predicted octanol–water partition coefficient (Wildman–Crippen LogP) is 11.0. The first-order valence-corrected chi connectivity index (χ1v) is 17.3. The smallest absolute Gasteiger partial charge is 0.388 e. The Hall–Kier alpha value is -3.14. The van der Waals surface area contributed by atoms with Crippen molar-refractivity contribution in [2.24, 2.45) is 0 Å². The van der Waals surface area contributed by atoms with Gasteiger partial charge in [-0.15, -0.1) is 0 Å². The summed E-state index contributed by atoms with van der Waals surface area (Å²) >= 11 is 0. The monoisotopic (exact) mass is 690 g/mol. The summed E-state index contributed by atoms with van der Waals surface area (Å²) in [5, 5.41) is 21.9. The van der Waals surface area contributed by atoms with Crippen LogP contribution in [0.3, 0.4) is 0 Å². The van der Waals surface area contributed by atoms with Crippen molar-refractivity contribution in [3.05, 3.63) is 118 Å². The summed E-state index contributed by atoms with van der Waals surface area (Å²) in [6, 6.07) is 12.2. The number of ether oxygens (including phenoxy) is 1. The molecule has 0 saturated heterocycles. The van der Waals surface area contributed by atoms with E-state index >= 15 is 26.3 Å². The maximum Gasteiger partial charge on any atom is 0.402 e. The van der Waals surface area contributed by atoms with Gasteiger partial charge in [0.05, 0.1) is 25.4 Å². The van der Waals surface area contributed by atoms with E-state index in [0.717, 1.165) is 37.8 Å². The highest BCUT2D eigenvalue weighted by Crippen LogP contribution is 2.52. The van der Waals surface area contributed by atoms with Crippen LogP contribution in [0, 0.1) is 0 Å². The van der Waals surface area contributed by atoms with Crippen molar-refractivity contribution in [2.75, 3.05) is 13.2 Å². The molecule has 9 heteroatoms. The van der Waals surface area contributed by atoms with E-state index in [-0.39, 0.29) is 35.5 Å². The molecule has 4 unspecified atom stereocenters. The fourth-order valence-electron chi connectivity index (χ4n) is 7.10. The average Bonchev–Trinajstić information content (AvgIpc) is 3.07. The van der Waals surface area contributed by atoms with Crippen LogP contribution in [0.5, 0.6) is 0 Å². The first-order chi connectivity index (χ1) is 23.3. The summed E-state index contributed by atoms with van der Waals surface area (Å²) < 4.78 is 95.9. The number of halogens is 6. The second-order valence-electron chi connectivity index (χ2n) is 13.4. The largest absolute Gasteiger partial charge is 0.402 e. The lowest BCUT2D eigenvalue weighted by Crippen LogP contribution is -2.43. The second kappa shape index (κ2) is 16.7. The Morgan fingerprint density at radius 3 is 1.39 bits per heavy atom. The van der Waals surface area contributed by atoms with Crippen LogP contribution in [0.15, 0.2) is 96.1 Å². The predicted molar refractivity (Wildman–Crippen MR) is 181 cm³/mol. The molecule has 49 heavy (non-hydrogen) atoms. The maximum absolute atomic E-state index is 15.0. The zero-order valence-electron chi connectivity index (χ0n) is 28.3. The molecule has 2 aromatic rings. The molecule has 2 aliphatic carbocycles. The SMILES string of the molecule is CCCCCC(O)c1ccccc1C1(C(F)(F)F)C=CC=C(COCC2=CC=CC(c3ccccc3C(O)CCCCC)(C(F)(F)F)C2)C1. The zero-order valence-corrected chi connectivity index (χ0v) is 28.3. The van der Waals surface area contributed by atoms with Gasteiger partial charge in [0, 0.05) is 0 Å².